The Kier molecular flexibility index (Phi) is 7.64. The molecule has 0 aliphatic carbocycles. The van der Waals surface area contributed by atoms with E-state index in [9.17, 15) is 4.79 Å². The molecule has 1 aromatic carbocycles. The largest absolute Gasteiger partial charge is 0.494 e. The molecule has 0 saturated carbocycles. The summed E-state index contributed by atoms with van der Waals surface area (Å²) in [6, 6.07) is 9.96. The third-order valence-electron chi connectivity index (χ3n) is 5.03. The smallest absolute Gasteiger partial charge is 0.225 e. The van der Waals surface area contributed by atoms with Gasteiger partial charge in [0.2, 0.25) is 11.9 Å². The number of rotatable bonds is 9. The van der Waals surface area contributed by atoms with Crippen molar-refractivity contribution in [2.24, 2.45) is 5.92 Å². The lowest BCUT2D eigenvalue weighted by molar-refractivity contribution is -0.125. The van der Waals surface area contributed by atoms with Gasteiger partial charge in [0, 0.05) is 32.0 Å². The van der Waals surface area contributed by atoms with Crippen molar-refractivity contribution >= 4 is 11.9 Å². The normalized spacial score (nSPS) is 16.6. The molecule has 1 N–H and O–H groups in total. The second kappa shape index (κ2) is 10.6. The summed E-state index contributed by atoms with van der Waals surface area (Å²) in [6.07, 6.45) is 8.41. The van der Waals surface area contributed by atoms with Gasteiger partial charge >= 0.3 is 0 Å². The van der Waals surface area contributed by atoms with Crippen LogP contribution in [0.2, 0.25) is 0 Å². The number of anilines is 1. The van der Waals surface area contributed by atoms with E-state index in [0.717, 1.165) is 51.0 Å². The van der Waals surface area contributed by atoms with E-state index in [0.29, 0.717) is 19.0 Å². The summed E-state index contributed by atoms with van der Waals surface area (Å²) in [5, 5.41) is 3.09. The van der Waals surface area contributed by atoms with E-state index in [4.69, 9.17) is 4.74 Å². The molecule has 3 rings (SSSR count). The number of piperidine rings is 1. The molecule has 28 heavy (non-hydrogen) atoms. The first-order valence-electron chi connectivity index (χ1n) is 10.3. The highest BCUT2D eigenvalue weighted by atomic mass is 16.5. The molecule has 6 nitrogen and oxygen atoms in total. The molecular weight excluding hydrogens is 352 g/mol. The van der Waals surface area contributed by atoms with Gasteiger partial charge in [0.05, 0.1) is 12.5 Å². The molecule has 0 spiro atoms. The topological polar surface area (TPSA) is 67.3 Å². The van der Waals surface area contributed by atoms with Gasteiger partial charge < -0.3 is 15.0 Å². The third-order valence-corrected chi connectivity index (χ3v) is 5.03. The number of amides is 1. The van der Waals surface area contributed by atoms with E-state index in [1.807, 2.05) is 18.2 Å². The molecule has 1 aliphatic heterocycles. The monoisotopic (exact) mass is 382 g/mol. The van der Waals surface area contributed by atoms with E-state index >= 15 is 0 Å². The molecule has 1 atom stereocenters. The van der Waals surface area contributed by atoms with Crippen LogP contribution in [-0.4, -0.2) is 42.1 Å². The number of hydrogen-bond donors (Lipinski definition) is 1. The number of nitrogens with one attached hydrogen (secondary N) is 1. The molecular formula is C22H30N4O2. The predicted molar refractivity (Wildman–Crippen MR) is 111 cm³/mol. The average Bonchev–Trinajstić information content (AvgIpc) is 2.76. The molecule has 1 amide bonds. The number of carbonyl (C=O) groups is 1. The van der Waals surface area contributed by atoms with Crippen molar-refractivity contribution in [3.8, 4) is 5.75 Å². The van der Waals surface area contributed by atoms with Gasteiger partial charge in [-0.1, -0.05) is 25.5 Å². The van der Waals surface area contributed by atoms with Crippen LogP contribution in [-0.2, 0) is 11.2 Å². The Labute approximate surface area is 167 Å². The lowest BCUT2D eigenvalue weighted by Gasteiger charge is -2.31. The fourth-order valence-electron chi connectivity index (χ4n) is 3.39. The van der Waals surface area contributed by atoms with Crippen LogP contribution in [0.4, 0.5) is 5.95 Å². The molecule has 6 heteroatoms. The molecule has 1 saturated heterocycles. The fraction of sp³-hybridized carbons (Fsp3) is 0.500. The summed E-state index contributed by atoms with van der Waals surface area (Å²) in [4.78, 5) is 23.3. The van der Waals surface area contributed by atoms with Crippen molar-refractivity contribution in [1.29, 1.82) is 0 Å². The summed E-state index contributed by atoms with van der Waals surface area (Å²) in [5.41, 5.74) is 1.20. The highest BCUT2D eigenvalue weighted by molar-refractivity contribution is 5.79. The Bertz CT molecular complexity index is 721. The van der Waals surface area contributed by atoms with Crippen molar-refractivity contribution < 1.29 is 9.53 Å². The highest BCUT2D eigenvalue weighted by Gasteiger charge is 2.26. The highest BCUT2D eigenvalue weighted by Crippen LogP contribution is 2.20. The second-order valence-corrected chi connectivity index (χ2v) is 7.22. The Morgan fingerprint density at radius 1 is 1.25 bits per heavy atom. The first-order valence-corrected chi connectivity index (χ1v) is 10.3. The predicted octanol–water partition coefficient (Wildman–Crippen LogP) is 3.23. The molecule has 2 aromatic rings. The van der Waals surface area contributed by atoms with Crippen LogP contribution in [0.3, 0.4) is 0 Å². The van der Waals surface area contributed by atoms with Gasteiger partial charge in [0.1, 0.15) is 5.75 Å². The molecule has 2 heterocycles. The zero-order valence-corrected chi connectivity index (χ0v) is 16.6. The van der Waals surface area contributed by atoms with Gasteiger partial charge in [-0.15, -0.1) is 0 Å². The van der Waals surface area contributed by atoms with Crippen molar-refractivity contribution in [2.75, 3.05) is 31.1 Å². The van der Waals surface area contributed by atoms with Gasteiger partial charge in [0.25, 0.3) is 0 Å². The number of hydrogen-bond acceptors (Lipinski definition) is 5. The van der Waals surface area contributed by atoms with Gasteiger partial charge in [-0.05, 0) is 49.4 Å². The Balaban J connectivity index is 1.41. The van der Waals surface area contributed by atoms with E-state index in [-0.39, 0.29) is 11.8 Å². The molecule has 1 fully saturated rings. The van der Waals surface area contributed by atoms with Crippen LogP contribution in [0.15, 0.2) is 42.7 Å². The van der Waals surface area contributed by atoms with Crippen molar-refractivity contribution in [2.45, 2.75) is 39.0 Å². The molecule has 1 unspecified atom stereocenters. The molecule has 1 aromatic heterocycles. The third kappa shape index (κ3) is 5.94. The van der Waals surface area contributed by atoms with E-state index in [1.165, 1.54) is 5.56 Å². The van der Waals surface area contributed by atoms with Gasteiger partial charge in [-0.2, -0.15) is 0 Å². The average molecular weight is 383 g/mol. The lowest BCUT2D eigenvalue weighted by atomic mass is 9.97. The van der Waals surface area contributed by atoms with Crippen molar-refractivity contribution in [1.82, 2.24) is 15.3 Å². The minimum absolute atomic E-state index is 0.00750. The summed E-state index contributed by atoms with van der Waals surface area (Å²) in [5.74, 6) is 1.74. The van der Waals surface area contributed by atoms with Crippen molar-refractivity contribution in [3.05, 3.63) is 48.3 Å². The van der Waals surface area contributed by atoms with E-state index in [2.05, 4.69) is 39.2 Å². The van der Waals surface area contributed by atoms with Crippen molar-refractivity contribution in [3.63, 3.8) is 0 Å². The van der Waals surface area contributed by atoms with E-state index in [1.54, 1.807) is 12.4 Å². The molecule has 1 aliphatic rings. The number of ether oxygens (including phenoxy) is 1. The van der Waals surface area contributed by atoms with Gasteiger partial charge in [0.15, 0.2) is 0 Å². The first-order chi connectivity index (χ1) is 13.8. The Morgan fingerprint density at radius 2 is 2.04 bits per heavy atom. The Hall–Kier alpha value is -2.63. The minimum atomic E-state index is -0.00750. The maximum absolute atomic E-state index is 12.6. The number of carbonyl (C=O) groups excluding carboxylic acids is 1. The lowest BCUT2D eigenvalue weighted by Crippen LogP contribution is -2.44. The maximum Gasteiger partial charge on any atom is 0.225 e. The van der Waals surface area contributed by atoms with Crippen LogP contribution in [0.1, 0.15) is 38.2 Å². The van der Waals surface area contributed by atoms with Crippen LogP contribution in [0.25, 0.3) is 0 Å². The number of benzene rings is 1. The number of aromatic nitrogens is 2. The molecule has 0 bridgehead atoms. The summed E-state index contributed by atoms with van der Waals surface area (Å²) < 4.78 is 5.69. The maximum atomic E-state index is 12.6. The SMILES string of the molecule is CCCCOc1ccc(CCNC(=O)C2CCCN(c3ncccn3)C2)cc1. The second-order valence-electron chi connectivity index (χ2n) is 7.22. The van der Waals surface area contributed by atoms with E-state index < -0.39 is 0 Å². The van der Waals surface area contributed by atoms with Crippen LogP contribution in [0.5, 0.6) is 5.75 Å². The van der Waals surface area contributed by atoms with Gasteiger partial charge in [-0.3, -0.25) is 4.79 Å². The zero-order valence-electron chi connectivity index (χ0n) is 16.6. The van der Waals surface area contributed by atoms with Crippen LogP contribution >= 0.6 is 0 Å². The summed E-state index contributed by atoms with van der Waals surface area (Å²) in [6.45, 7) is 5.15. The van der Waals surface area contributed by atoms with Gasteiger partial charge in [-0.25, -0.2) is 9.97 Å². The molecule has 0 radical (unpaired) electrons. The quantitative estimate of drug-likeness (QED) is 0.675. The van der Waals surface area contributed by atoms with Crippen LogP contribution < -0.4 is 15.0 Å². The standard InChI is InChI=1S/C22H30N4O2/c1-2-3-16-28-20-9-7-18(8-10-20)11-14-23-21(27)19-6-4-15-26(17-19)22-24-12-5-13-25-22/h5,7-10,12-13,19H,2-4,6,11,14-17H2,1H3,(H,23,27). The zero-order chi connectivity index (χ0) is 19.6. The fourth-order valence-corrected chi connectivity index (χ4v) is 3.39. The summed E-state index contributed by atoms with van der Waals surface area (Å²) in [7, 11) is 0. The number of nitrogens with zero attached hydrogens (tertiary/aromatic N) is 3. The Morgan fingerprint density at radius 3 is 2.79 bits per heavy atom. The first kappa shape index (κ1) is 20.1. The summed E-state index contributed by atoms with van der Waals surface area (Å²) >= 11 is 0. The number of unbranched alkanes of at least 4 members (excludes halogenated alkanes) is 1. The minimum Gasteiger partial charge on any atom is -0.494 e. The molecule has 150 valence electrons. The van der Waals surface area contributed by atoms with Crippen LogP contribution in [0, 0.1) is 5.92 Å².